The number of aromatic nitrogens is 1. The van der Waals surface area contributed by atoms with Gasteiger partial charge in [0.15, 0.2) is 11.0 Å². The molecule has 0 spiro atoms. The van der Waals surface area contributed by atoms with E-state index in [9.17, 15) is 9.18 Å². The van der Waals surface area contributed by atoms with Gasteiger partial charge in [-0.2, -0.15) is 5.26 Å². The fraction of sp³-hybridized carbons (Fsp3) is 0. The zero-order valence-electron chi connectivity index (χ0n) is 9.52. The minimum absolute atomic E-state index is 0.190. The number of nitrogens with zero attached hydrogens (tertiary/aromatic N) is 2. The molecule has 4 nitrogen and oxygen atoms in total. The van der Waals surface area contributed by atoms with Gasteiger partial charge in [0, 0.05) is 11.9 Å². The molecular weight excluding hydrogens is 269 g/mol. The molecule has 94 valence electrons. The third-order valence-electron chi connectivity index (χ3n) is 2.36. The van der Waals surface area contributed by atoms with Gasteiger partial charge >= 0.3 is 0 Å². The van der Waals surface area contributed by atoms with E-state index in [4.69, 9.17) is 16.9 Å². The fourth-order valence-corrected chi connectivity index (χ4v) is 1.58. The van der Waals surface area contributed by atoms with Gasteiger partial charge in [-0.05, 0) is 30.3 Å². The molecule has 1 N–H and O–H groups in total. The Morgan fingerprint density at radius 3 is 2.63 bits per heavy atom. The van der Waals surface area contributed by atoms with Crippen molar-refractivity contribution in [1.82, 2.24) is 4.98 Å². The van der Waals surface area contributed by atoms with Crippen LogP contribution in [0.15, 0.2) is 36.5 Å². The van der Waals surface area contributed by atoms with Gasteiger partial charge < -0.3 is 5.32 Å². The molecule has 0 fully saturated rings. The summed E-state index contributed by atoms with van der Waals surface area (Å²) < 4.78 is 13.6. The molecule has 0 unspecified atom stereocenters. The van der Waals surface area contributed by atoms with Crippen molar-refractivity contribution in [2.75, 3.05) is 5.32 Å². The van der Waals surface area contributed by atoms with Gasteiger partial charge in [0.05, 0.1) is 17.2 Å². The normalized spacial score (nSPS) is 9.74. The Balaban J connectivity index is 2.21. The molecule has 0 bridgehead atoms. The van der Waals surface area contributed by atoms with Crippen LogP contribution in [-0.4, -0.2) is 10.9 Å². The van der Waals surface area contributed by atoms with Crippen molar-refractivity contribution in [3.63, 3.8) is 0 Å². The number of pyridine rings is 1. The summed E-state index contributed by atoms with van der Waals surface area (Å²) in [5.41, 5.74) is 0.733. The maximum Gasteiger partial charge on any atom is 0.258 e. The van der Waals surface area contributed by atoms with Crippen LogP contribution < -0.4 is 5.32 Å². The second kappa shape index (κ2) is 5.46. The van der Waals surface area contributed by atoms with E-state index in [0.29, 0.717) is 11.3 Å². The van der Waals surface area contributed by atoms with Gasteiger partial charge in [-0.1, -0.05) is 11.6 Å². The predicted molar refractivity (Wildman–Crippen MR) is 68.3 cm³/mol. The molecule has 0 saturated carbocycles. The highest BCUT2D eigenvalue weighted by atomic mass is 35.5. The van der Waals surface area contributed by atoms with Gasteiger partial charge in [-0.15, -0.1) is 0 Å². The SMILES string of the molecule is N#Cc1ccc(NC(=O)c2ccnc(Cl)c2F)cc1. The van der Waals surface area contributed by atoms with E-state index in [1.807, 2.05) is 6.07 Å². The van der Waals surface area contributed by atoms with Crippen molar-refractivity contribution in [2.24, 2.45) is 0 Å². The number of hydrogen-bond acceptors (Lipinski definition) is 3. The molecule has 0 aliphatic rings. The van der Waals surface area contributed by atoms with E-state index >= 15 is 0 Å². The number of nitrogens with one attached hydrogen (secondary N) is 1. The molecule has 1 aromatic carbocycles. The molecule has 2 rings (SSSR count). The smallest absolute Gasteiger partial charge is 0.258 e. The van der Waals surface area contributed by atoms with Crippen LogP contribution in [0, 0.1) is 17.1 Å². The summed E-state index contributed by atoms with van der Waals surface area (Å²) in [4.78, 5) is 15.4. The van der Waals surface area contributed by atoms with E-state index < -0.39 is 11.7 Å². The second-order valence-electron chi connectivity index (χ2n) is 3.61. The Morgan fingerprint density at radius 1 is 1.32 bits per heavy atom. The number of carbonyl (C=O) groups excluding carboxylic acids is 1. The first-order valence-corrected chi connectivity index (χ1v) is 5.61. The van der Waals surface area contributed by atoms with Crippen LogP contribution in [0.25, 0.3) is 0 Å². The molecule has 6 heteroatoms. The molecule has 0 atom stereocenters. The van der Waals surface area contributed by atoms with Crippen LogP contribution >= 0.6 is 11.6 Å². The van der Waals surface area contributed by atoms with Gasteiger partial charge in [-0.3, -0.25) is 4.79 Å². The number of carbonyl (C=O) groups is 1. The van der Waals surface area contributed by atoms with E-state index in [2.05, 4.69) is 10.3 Å². The summed E-state index contributed by atoms with van der Waals surface area (Å²) in [6, 6.07) is 9.39. The molecule has 1 amide bonds. The van der Waals surface area contributed by atoms with Gasteiger partial charge in [0.1, 0.15) is 0 Å². The number of benzene rings is 1. The highest BCUT2D eigenvalue weighted by molar-refractivity contribution is 6.30. The lowest BCUT2D eigenvalue weighted by Gasteiger charge is -2.06. The van der Waals surface area contributed by atoms with E-state index in [0.717, 1.165) is 0 Å². The first-order chi connectivity index (χ1) is 9.11. The maximum absolute atomic E-state index is 13.6. The van der Waals surface area contributed by atoms with Crippen molar-refractivity contribution in [2.45, 2.75) is 0 Å². The van der Waals surface area contributed by atoms with Crippen LogP contribution in [0.2, 0.25) is 5.15 Å². The second-order valence-corrected chi connectivity index (χ2v) is 3.96. The zero-order chi connectivity index (χ0) is 13.8. The number of halogens is 2. The average Bonchev–Trinajstić information content (AvgIpc) is 2.42. The van der Waals surface area contributed by atoms with E-state index in [1.54, 1.807) is 24.3 Å². The molecule has 1 heterocycles. The van der Waals surface area contributed by atoms with Crippen LogP contribution in [0.5, 0.6) is 0 Å². The molecule has 1 aromatic heterocycles. The first-order valence-electron chi connectivity index (χ1n) is 5.23. The molecule has 0 aliphatic carbocycles. The summed E-state index contributed by atoms with van der Waals surface area (Å²) in [5.74, 6) is -1.50. The van der Waals surface area contributed by atoms with Crippen molar-refractivity contribution < 1.29 is 9.18 Å². The van der Waals surface area contributed by atoms with Crippen molar-refractivity contribution in [1.29, 1.82) is 5.26 Å². The van der Waals surface area contributed by atoms with E-state index in [-0.39, 0.29) is 10.7 Å². The molecule has 2 aromatic rings. The number of rotatable bonds is 2. The Labute approximate surface area is 113 Å². The van der Waals surface area contributed by atoms with Crippen LogP contribution in [0.1, 0.15) is 15.9 Å². The number of nitriles is 1. The number of amides is 1. The lowest BCUT2D eigenvalue weighted by atomic mass is 10.2. The van der Waals surface area contributed by atoms with Crippen molar-refractivity contribution in [3.8, 4) is 6.07 Å². The third kappa shape index (κ3) is 2.87. The topological polar surface area (TPSA) is 65.8 Å². The van der Waals surface area contributed by atoms with E-state index in [1.165, 1.54) is 12.3 Å². The molecule has 0 radical (unpaired) electrons. The number of hydrogen-bond donors (Lipinski definition) is 1. The molecular formula is C13H7ClFN3O. The summed E-state index contributed by atoms with van der Waals surface area (Å²) >= 11 is 5.50. The predicted octanol–water partition coefficient (Wildman–Crippen LogP) is 3.00. The molecule has 0 saturated heterocycles. The summed E-state index contributed by atoms with van der Waals surface area (Å²) in [6.07, 6.45) is 1.25. The number of anilines is 1. The largest absolute Gasteiger partial charge is 0.322 e. The Morgan fingerprint density at radius 2 is 2.00 bits per heavy atom. The van der Waals surface area contributed by atoms with Gasteiger partial charge in [0.2, 0.25) is 0 Å². The third-order valence-corrected chi connectivity index (χ3v) is 2.63. The standard InChI is InChI=1S/C13H7ClFN3O/c14-12-11(15)10(5-6-17-12)13(19)18-9-3-1-8(7-16)2-4-9/h1-6H,(H,18,19). The molecule has 19 heavy (non-hydrogen) atoms. The summed E-state index contributed by atoms with van der Waals surface area (Å²) in [7, 11) is 0. The Bertz CT molecular complexity index is 665. The first kappa shape index (κ1) is 13.0. The maximum atomic E-state index is 13.6. The minimum Gasteiger partial charge on any atom is -0.322 e. The lowest BCUT2D eigenvalue weighted by Crippen LogP contribution is -2.14. The van der Waals surface area contributed by atoms with Crippen LogP contribution in [-0.2, 0) is 0 Å². The molecule has 0 aliphatic heterocycles. The fourth-order valence-electron chi connectivity index (χ4n) is 1.42. The summed E-state index contributed by atoms with van der Waals surface area (Å²) in [5, 5.41) is 10.8. The summed E-state index contributed by atoms with van der Waals surface area (Å²) in [6.45, 7) is 0. The van der Waals surface area contributed by atoms with Crippen LogP contribution in [0.4, 0.5) is 10.1 Å². The van der Waals surface area contributed by atoms with Gasteiger partial charge in [-0.25, -0.2) is 9.37 Å². The highest BCUT2D eigenvalue weighted by Crippen LogP contribution is 2.17. The quantitative estimate of drug-likeness (QED) is 0.857. The highest BCUT2D eigenvalue weighted by Gasteiger charge is 2.15. The van der Waals surface area contributed by atoms with Crippen LogP contribution in [0.3, 0.4) is 0 Å². The lowest BCUT2D eigenvalue weighted by molar-refractivity contribution is 0.102. The Hall–Kier alpha value is -2.45. The zero-order valence-corrected chi connectivity index (χ0v) is 10.3. The van der Waals surface area contributed by atoms with Crippen molar-refractivity contribution >= 4 is 23.2 Å². The van der Waals surface area contributed by atoms with Crippen molar-refractivity contribution in [3.05, 3.63) is 58.6 Å². The minimum atomic E-state index is -0.865. The Kier molecular flexibility index (Phi) is 3.74. The monoisotopic (exact) mass is 275 g/mol. The van der Waals surface area contributed by atoms with Gasteiger partial charge in [0.25, 0.3) is 5.91 Å². The average molecular weight is 276 g/mol.